The van der Waals surface area contributed by atoms with Crippen LogP contribution in [0.25, 0.3) is 0 Å². The minimum Gasteiger partial charge on any atom is -0.481 e. The molecular formula is C10H21N3O3. The summed E-state index contributed by atoms with van der Waals surface area (Å²) in [6.45, 7) is 3.26. The summed E-state index contributed by atoms with van der Waals surface area (Å²) in [5.41, 5.74) is 5.27. The molecule has 1 unspecified atom stereocenters. The van der Waals surface area contributed by atoms with Crippen LogP contribution in [-0.4, -0.2) is 36.7 Å². The van der Waals surface area contributed by atoms with Crippen molar-refractivity contribution in [2.24, 2.45) is 11.7 Å². The first kappa shape index (κ1) is 14.7. The van der Waals surface area contributed by atoms with Gasteiger partial charge in [-0.1, -0.05) is 6.92 Å². The zero-order chi connectivity index (χ0) is 12.4. The van der Waals surface area contributed by atoms with Crippen LogP contribution in [0.15, 0.2) is 0 Å². The van der Waals surface area contributed by atoms with Gasteiger partial charge in [-0.05, 0) is 25.8 Å². The third-order valence-corrected chi connectivity index (χ3v) is 2.19. The number of carbonyl (C=O) groups is 2. The summed E-state index contributed by atoms with van der Waals surface area (Å²) in [6.07, 6.45) is 1.99. The second kappa shape index (κ2) is 8.96. The number of hydrogen-bond acceptors (Lipinski definition) is 3. The van der Waals surface area contributed by atoms with Gasteiger partial charge in [-0.15, -0.1) is 0 Å². The van der Waals surface area contributed by atoms with Crippen molar-refractivity contribution in [1.29, 1.82) is 0 Å². The molecule has 94 valence electrons. The molecule has 6 nitrogen and oxygen atoms in total. The molecule has 0 rings (SSSR count). The Labute approximate surface area is 95.6 Å². The van der Waals surface area contributed by atoms with E-state index < -0.39 is 5.97 Å². The number of nitrogens with one attached hydrogen (secondary N) is 2. The summed E-state index contributed by atoms with van der Waals surface area (Å²) in [5, 5.41) is 13.9. The molecule has 0 bridgehead atoms. The highest BCUT2D eigenvalue weighted by Gasteiger charge is 2.09. The number of carboxylic acids is 1. The van der Waals surface area contributed by atoms with E-state index in [0.717, 1.165) is 6.42 Å². The fourth-order valence-electron chi connectivity index (χ4n) is 1.10. The number of carbonyl (C=O) groups excluding carboxylic acids is 1. The highest BCUT2D eigenvalue weighted by Crippen LogP contribution is 2.03. The van der Waals surface area contributed by atoms with E-state index >= 15 is 0 Å². The summed E-state index contributed by atoms with van der Waals surface area (Å²) in [5.74, 6) is -1.16. The third kappa shape index (κ3) is 8.05. The number of carboxylic acid groups (broad SMARTS) is 1. The second-order valence-electron chi connectivity index (χ2n) is 3.71. The van der Waals surface area contributed by atoms with Crippen molar-refractivity contribution in [2.45, 2.75) is 26.2 Å². The number of nitrogens with two attached hydrogens (primary N) is 1. The van der Waals surface area contributed by atoms with Crippen LogP contribution in [0.1, 0.15) is 26.2 Å². The van der Waals surface area contributed by atoms with E-state index in [2.05, 4.69) is 10.6 Å². The van der Waals surface area contributed by atoms with E-state index in [9.17, 15) is 9.59 Å². The molecule has 0 aliphatic carbocycles. The van der Waals surface area contributed by atoms with Crippen LogP contribution < -0.4 is 16.4 Å². The lowest BCUT2D eigenvalue weighted by molar-refractivity contribution is -0.141. The third-order valence-electron chi connectivity index (χ3n) is 2.19. The Hall–Kier alpha value is -1.30. The number of urea groups is 1. The van der Waals surface area contributed by atoms with Crippen molar-refractivity contribution in [2.75, 3.05) is 19.6 Å². The van der Waals surface area contributed by atoms with E-state index in [1.165, 1.54) is 0 Å². The minimum atomic E-state index is -0.799. The highest BCUT2D eigenvalue weighted by atomic mass is 16.4. The summed E-state index contributed by atoms with van der Waals surface area (Å²) < 4.78 is 0. The van der Waals surface area contributed by atoms with E-state index in [-0.39, 0.29) is 11.9 Å². The first-order valence-corrected chi connectivity index (χ1v) is 5.52. The van der Waals surface area contributed by atoms with E-state index in [1.807, 2.05) is 0 Å². The van der Waals surface area contributed by atoms with Crippen LogP contribution in [0, 0.1) is 5.92 Å². The van der Waals surface area contributed by atoms with Crippen LogP contribution in [0.3, 0.4) is 0 Å². The van der Waals surface area contributed by atoms with Crippen LogP contribution in [0.2, 0.25) is 0 Å². The Morgan fingerprint density at radius 3 is 2.31 bits per heavy atom. The molecule has 5 N–H and O–H groups in total. The molecule has 0 aromatic rings. The van der Waals surface area contributed by atoms with Gasteiger partial charge in [0.1, 0.15) is 0 Å². The van der Waals surface area contributed by atoms with Crippen LogP contribution in [-0.2, 0) is 4.79 Å². The molecule has 0 saturated heterocycles. The highest BCUT2D eigenvalue weighted by molar-refractivity contribution is 5.73. The zero-order valence-corrected chi connectivity index (χ0v) is 9.66. The molecule has 0 aliphatic heterocycles. The molecule has 0 heterocycles. The standard InChI is InChI=1S/C10H21N3O3/c1-8(9(14)15)4-2-6-12-10(16)13-7-3-5-11/h8H,2-7,11H2,1H3,(H,14,15)(H2,12,13,16). The van der Waals surface area contributed by atoms with Gasteiger partial charge in [0.25, 0.3) is 0 Å². The van der Waals surface area contributed by atoms with Crippen molar-refractivity contribution in [1.82, 2.24) is 10.6 Å². The van der Waals surface area contributed by atoms with E-state index in [1.54, 1.807) is 6.92 Å². The summed E-state index contributed by atoms with van der Waals surface area (Å²) in [4.78, 5) is 21.6. The Morgan fingerprint density at radius 1 is 1.25 bits per heavy atom. The van der Waals surface area contributed by atoms with Crippen LogP contribution in [0.4, 0.5) is 4.79 Å². The monoisotopic (exact) mass is 231 g/mol. The molecule has 0 aromatic heterocycles. The normalized spacial score (nSPS) is 11.9. The van der Waals surface area contributed by atoms with E-state index in [4.69, 9.17) is 10.8 Å². The molecule has 0 saturated carbocycles. The van der Waals surface area contributed by atoms with Gasteiger partial charge >= 0.3 is 12.0 Å². The average Bonchev–Trinajstić information content (AvgIpc) is 2.24. The summed E-state index contributed by atoms with van der Waals surface area (Å²) in [6, 6.07) is -0.226. The Kier molecular flexibility index (Phi) is 8.24. The SMILES string of the molecule is CC(CCCNC(=O)NCCCN)C(=O)O. The summed E-state index contributed by atoms with van der Waals surface area (Å²) in [7, 11) is 0. The fraction of sp³-hybridized carbons (Fsp3) is 0.800. The topological polar surface area (TPSA) is 104 Å². The van der Waals surface area contributed by atoms with Gasteiger partial charge in [0.05, 0.1) is 5.92 Å². The van der Waals surface area contributed by atoms with Gasteiger partial charge in [-0.3, -0.25) is 4.79 Å². The molecule has 0 spiro atoms. The van der Waals surface area contributed by atoms with Gasteiger partial charge in [0.15, 0.2) is 0 Å². The molecule has 0 fully saturated rings. The fourth-order valence-corrected chi connectivity index (χ4v) is 1.10. The molecule has 0 aliphatic rings. The van der Waals surface area contributed by atoms with Gasteiger partial charge in [0.2, 0.25) is 0 Å². The maximum atomic E-state index is 11.1. The Bertz CT molecular complexity index is 221. The van der Waals surface area contributed by atoms with Crippen molar-refractivity contribution >= 4 is 12.0 Å². The predicted molar refractivity (Wildman–Crippen MR) is 61.1 cm³/mol. The number of amides is 2. The molecule has 6 heteroatoms. The van der Waals surface area contributed by atoms with Crippen molar-refractivity contribution in [3.05, 3.63) is 0 Å². The summed E-state index contributed by atoms with van der Waals surface area (Å²) >= 11 is 0. The van der Waals surface area contributed by atoms with E-state index in [0.29, 0.717) is 32.5 Å². The smallest absolute Gasteiger partial charge is 0.314 e. The quantitative estimate of drug-likeness (QED) is 0.446. The largest absolute Gasteiger partial charge is 0.481 e. The number of rotatable bonds is 8. The van der Waals surface area contributed by atoms with Crippen LogP contribution in [0.5, 0.6) is 0 Å². The van der Waals surface area contributed by atoms with Crippen LogP contribution >= 0.6 is 0 Å². The molecule has 1 atom stereocenters. The van der Waals surface area contributed by atoms with Crippen molar-refractivity contribution in [3.8, 4) is 0 Å². The van der Waals surface area contributed by atoms with Crippen molar-refractivity contribution < 1.29 is 14.7 Å². The van der Waals surface area contributed by atoms with Gasteiger partial charge in [0, 0.05) is 13.1 Å². The Balaban J connectivity index is 3.37. The minimum absolute atomic E-state index is 0.226. The predicted octanol–water partition coefficient (Wildman–Crippen LogP) is 0.135. The lowest BCUT2D eigenvalue weighted by atomic mass is 10.1. The lowest BCUT2D eigenvalue weighted by Gasteiger charge is -2.08. The first-order valence-electron chi connectivity index (χ1n) is 5.52. The number of hydrogen-bond donors (Lipinski definition) is 4. The molecule has 0 radical (unpaired) electrons. The zero-order valence-electron chi connectivity index (χ0n) is 9.66. The van der Waals surface area contributed by atoms with Gasteiger partial charge in [-0.25, -0.2) is 4.79 Å². The van der Waals surface area contributed by atoms with Crippen molar-refractivity contribution in [3.63, 3.8) is 0 Å². The average molecular weight is 231 g/mol. The molecule has 16 heavy (non-hydrogen) atoms. The Morgan fingerprint density at radius 2 is 1.81 bits per heavy atom. The second-order valence-corrected chi connectivity index (χ2v) is 3.71. The maximum Gasteiger partial charge on any atom is 0.314 e. The molecule has 0 aromatic carbocycles. The maximum absolute atomic E-state index is 11.1. The lowest BCUT2D eigenvalue weighted by Crippen LogP contribution is -2.37. The van der Waals surface area contributed by atoms with Gasteiger partial charge in [-0.2, -0.15) is 0 Å². The first-order chi connectivity index (χ1) is 7.57. The molecular weight excluding hydrogens is 210 g/mol. The molecule has 2 amide bonds. The number of aliphatic carboxylic acids is 1. The van der Waals surface area contributed by atoms with Gasteiger partial charge < -0.3 is 21.5 Å².